The molecule has 0 saturated heterocycles. The van der Waals surface area contributed by atoms with E-state index in [1.165, 1.54) is 17.7 Å². The molecule has 0 atom stereocenters. The molecular weight excluding hydrogens is 446 g/mol. The van der Waals surface area contributed by atoms with Crippen LogP contribution in [0.1, 0.15) is 5.56 Å². The standard InChI is InChI=1S/C17H12BrN7O2S/c1-9-3-2-4-11-13(9)23-17(28-11)24-16-14(25(26)27)15(20-8-21-16)22-12-6-5-10(18)7-19-12/h2-8H,1H3,(H2,19,20,21,22,23,24). The van der Waals surface area contributed by atoms with Gasteiger partial charge in [-0.2, -0.15) is 0 Å². The summed E-state index contributed by atoms with van der Waals surface area (Å²) in [4.78, 5) is 27.9. The molecule has 0 bridgehead atoms. The molecule has 11 heteroatoms. The topological polar surface area (TPSA) is 119 Å². The quantitative estimate of drug-likeness (QED) is 0.319. The molecule has 3 aromatic heterocycles. The molecule has 4 rings (SSSR count). The molecule has 0 fully saturated rings. The van der Waals surface area contributed by atoms with E-state index in [4.69, 9.17) is 0 Å². The minimum Gasteiger partial charge on any atom is -0.319 e. The van der Waals surface area contributed by atoms with Crippen molar-refractivity contribution in [3.05, 3.63) is 63.0 Å². The Labute approximate surface area is 171 Å². The first-order valence-corrected chi connectivity index (χ1v) is 9.63. The second-order valence-corrected chi connectivity index (χ2v) is 7.68. The van der Waals surface area contributed by atoms with Gasteiger partial charge in [0, 0.05) is 10.7 Å². The van der Waals surface area contributed by atoms with Crippen molar-refractivity contribution < 1.29 is 4.92 Å². The van der Waals surface area contributed by atoms with Crippen molar-refractivity contribution >= 4 is 65.8 Å². The van der Waals surface area contributed by atoms with E-state index >= 15 is 0 Å². The van der Waals surface area contributed by atoms with Gasteiger partial charge < -0.3 is 10.6 Å². The molecule has 0 radical (unpaired) electrons. The van der Waals surface area contributed by atoms with E-state index < -0.39 is 4.92 Å². The number of hydrogen-bond acceptors (Lipinski definition) is 9. The van der Waals surface area contributed by atoms with Crippen molar-refractivity contribution in [2.45, 2.75) is 6.92 Å². The van der Waals surface area contributed by atoms with Gasteiger partial charge in [0.25, 0.3) is 0 Å². The zero-order valence-corrected chi connectivity index (χ0v) is 16.8. The van der Waals surface area contributed by atoms with E-state index in [9.17, 15) is 10.1 Å². The fourth-order valence-corrected chi connectivity index (χ4v) is 3.72. The number of halogens is 1. The highest BCUT2D eigenvalue weighted by molar-refractivity contribution is 9.10. The molecule has 0 saturated carbocycles. The highest BCUT2D eigenvalue weighted by atomic mass is 79.9. The van der Waals surface area contributed by atoms with Gasteiger partial charge in [-0.25, -0.2) is 19.9 Å². The number of benzene rings is 1. The summed E-state index contributed by atoms with van der Waals surface area (Å²) in [7, 11) is 0. The predicted molar refractivity (Wildman–Crippen MR) is 112 cm³/mol. The zero-order chi connectivity index (χ0) is 19.7. The Morgan fingerprint density at radius 3 is 2.57 bits per heavy atom. The first-order valence-electron chi connectivity index (χ1n) is 8.02. The number of fused-ring (bicyclic) bond motifs is 1. The van der Waals surface area contributed by atoms with Crippen LogP contribution in [0.4, 0.5) is 28.3 Å². The van der Waals surface area contributed by atoms with Gasteiger partial charge in [0.2, 0.25) is 11.6 Å². The van der Waals surface area contributed by atoms with Gasteiger partial charge in [-0.3, -0.25) is 10.1 Å². The summed E-state index contributed by atoms with van der Waals surface area (Å²) in [5, 5.41) is 18.0. The summed E-state index contributed by atoms with van der Waals surface area (Å²) in [5.74, 6) is 0.512. The van der Waals surface area contributed by atoms with Crippen LogP contribution in [0.2, 0.25) is 0 Å². The van der Waals surface area contributed by atoms with E-state index in [2.05, 4.69) is 46.5 Å². The Hall–Kier alpha value is -3.18. The van der Waals surface area contributed by atoms with E-state index in [-0.39, 0.29) is 17.3 Å². The Morgan fingerprint density at radius 1 is 1.11 bits per heavy atom. The number of anilines is 4. The molecule has 4 aromatic rings. The Balaban J connectivity index is 1.71. The van der Waals surface area contributed by atoms with Crippen LogP contribution in [0.15, 0.2) is 47.3 Å². The zero-order valence-electron chi connectivity index (χ0n) is 14.4. The van der Waals surface area contributed by atoms with Gasteiger partial charge in [-0.15, -0.1) is 0 Å². The number of nitrogens with zero attached hydrogens (tertiary/aromatic N) is 5. The number of rotatable bonds is 5. The molecule has 9 nitrogen and oxygen atoms in total. The molecule has 0 aliphatic carbocycles. The lowest BCUT2D eigenvalue weighted by Gasteiger charge is -2.08. The first kappa shape index (κ1) is 18.2. The largest absolute Gasteiger partial charge is 0.354 e. The molecule has 3 heterocycles. The van der Waals surface area contributed by atoms with Gasteiger partial charge in [-0.05, 0) is 46.6 Å². The molecule has 1 aromatic carbocycles. The maximum atomic E-state index is 11.7. The Bertz CT molecular complexity index is 1180. The average molecular weight is 458 g/mol. The lowest BCUT2D eigenvalue weighted by Crippen LogP contribution is -2.06. The average Bonchev–Trinajstić information content (AvgIpc) is 3.07. The summed E-state index contributed by atoms with van der Waals surface area (Å²) >= 11 is 4.69. The van der Waals surface area contributed by atoms with Crippen LogP contribution < -0.4 is 10.6 Å². The third-order valence-electron chi connectivity index (χ3n) is 3.82. The fourth-order valence-electron chi connectivity index (χ4n) is 2.55. The van der Waals surface area contributed by atoms with Crippen LogP contribution >= 0.6 is 27.3 Å². The SMILES string of the molecule is Cc1cccc2sc(Nc3ncnc(Nc4ccc(Br)cn4)c3[N+](=O)[O-])nc12. The van der Waals surface area contributed by atoms with Crippen LogP contribution in [0.25, 0.3) is 10.2 Å². The van der Waals surface area contributed by atoms with Crippen LogP contribution in [0, 0.1) is 17.0 Å². The number of thiazole rings is 1. The molecule has 28 heavy (non-hydrogen) atoms. The number of nitro groups is 1. The summed E-state index contributed by atoms with van der Waals surface area (Å²) in [6.07, 6.45) is 2.83. The van der Waals surface area contributed by atoms with Gasteiger partial charge in [0.15, 0.2) is 5.13 Å². The van der Waals surface area contributed by atoms with Gasteiger partial charge in [-0.1, -0.05) is 23.5 Å². The number of nitrogens with one attached hydrogen (secondary N) is 2. The fraction of sp³-hybridized carbons (Fsp3) is 0.0588. The Kier molecular flexibility index (Phi) is 4.84. The molecular formula is C17H12BrN7O2S. The predicted octanol–water partition coefficient (Wildman–Crippen LogP) is 4.95. The van der Waals surface area contributed by atoms with Crippen molar-refractivity contribution in [3.8, 4) is 0 Å². The van der Waals surface area contributed by atoms with Crippen molar-refractivity contribution in [1.82, 2.24) is 19.9 Å². The molecule has 140 valence electrons. The molecule has 2 N–H and O–H groups in total. The van der Waals surface area contributed by atoms with E-state index in [0.29, 0.717) is 10.9 Å². The van der Waals surface area contributed by atoms with Crippen LogP contribution in [0.5, 0.6) is 0 Å². The Morgan fingerprint density at radius 2 is 1.89 bits per heavy atom. The normalized spacial score (nSPS) is 10.8. The number of aromatic nitrogens is 4. The number of pyridine rings is 1. The minimum atomic E-state index is -0.540. The summed E-state index contributed by atoms with van der Waals surface area (Å²) in [6.45, 7) is 1.96. The number of hydrogen-bond donors (Lipinski definition) is 2. The number of aryl methyl sites for hydroxylation is 1. The smallest absolute Gasteiger partial charge is 0.319 e. The maximum absolute atomic E-state index is 11.7. The molecule has 0 spiro atoms. The van der Waals surface area contributed by atoms with E-state index in [1.54, 1.807) is 18.3 Å². The van der Waals surface area contributed by atoms with Crippen molar-refractivity contribution in [2.24, 2.45) is 0 Å². The maximum Gasteiger partial charge on any atom is 0.354 e. The van der Waals surface area contributed by atoms with Crippen LogP contribution in [-0.4, -0.2) is 24.9 Å². The van der Waals surface area contributed by atoms with Gasteiger partial charge in [0.05, 0.1) is 15.1 Å². The number of para-hydroxylation sites is 1. The van der Waals surface area contributed by atoms with E-state index in [1.807, 2.05) is 25.1 Å². The highest BCUT2D eigenvalue weighted by Crippen LogP contribution is 2.35. The molecule has 0 amide bonds. The third kappa shape index (κ3) is 3.62. The summed E-state index contributed by atoms with van der Waals surface area (Å²) < 4.78 is 1.78. The van der Waals surface area contributed by atoms with Crippen molar-refractivity contribution in [2.75, 3.05) is 10.6 Å². The summed E-state index contributed by atoms with van der Waals surface area (Å²) in [5.41, 5.74) is 1.59. The highest BCUT2D eigenvalue weighted by Gasteiger charge is 2.24. The third-order valence-corrected chi connectivity index (χ3v) is 5.23. The van der Waals surface area contributed by atoms with Crippen LogP contribution in [-0.2, 0) is 0 Å². The van der Waals surface area contributed by atoms with Crippen molar-refractivity contribution in [3.63, 3.8) is 0 Å². The lowest BCUT2D eigenvalue weighted by atomic mass is 10.2. The monoisotopic (exact) mass is 457 g/mol. The molecule has 0 aliphatic heterocycles. The lowest BCUT2D eigenvalue weighted by molar-refractivity contribution is -0.383. The van der Waals surface area contributed by atoms with E-state index in [0.717, 1.165) is 20.3 Å². The first-order chi connectivity index (χ1) is 13.5. The molecule has 0 unspecified atom stereocenters. The van der Waals surface area contributed by atoms with Gasteiger partial charge in [0.1, 0.15) is 12.1 Å². The minimum absolute atomic E-state index is 0.0367. The van der Waals surface area contributed by atoms with Crippen LogP contribution in [0.3, 0.4) is 0 Å². The van der Waals surface area contributed by atoms with Crippen molar-refractivity contribution in [1.29, 1.82) is 0 Å². The second-order valence-electron chi connectivity index (χ2n) is 5.73. The second kappa shape index (κ2) is 7.44. The van der Waals surface area contributed by atoms with Gasteiger partial charge >= 0.3 is 5.69 Å². The summed E-state index contributed by atoms with van der Waals surface area (Å²) in [6, 6.07) is 9.31. The molecule has 0 aliphatic rings.